The molecule has 24 heavy (non-hydrogen) atoms. The minimum atomic E-state index is -0.252. The van der Waals surface area contributed by atoms with Gasteiger partial charge in [0.25, 0.3) is 0 Å². The normalized spacial score (nSPS) is 17.1. The minimum absolute atomic E-state index is 0.00801. The highest BCUT2D eigenvalue weighted by atomic mass is 19.1. The molecule has 0 bridgehead atoms. The smallest absolute Gasteiger partial charge is 0.319 e. The van der Waals surface area contributed by atoms with E-state index in [0.717, 1.165) is 30.8 Å². The van der Waals surface area contributed by atoms with Gasteiger partial charge in [-0.2, -0.15) is 5.10 Å². The van der Waals surface area contributed by atoms with Crippen LogP contribution in [0.1, 0.15) is 19.0 Å². The van der Waals surface area contributed by atoms with E-state index in [-0.39, 0.29) is 17.9 Å². The molecule has 7 heteroatoms. The van der Waals surface area contributed by atoms with Crippen LogP contribution in [0.5, 0.6) is 0 Å². The van der Waals surface area contributed by atoms with E-state index in [0.29, 0.717) is 12.2 Å². The van der Waals surface area contributed by atoms with E-state index in [1.54, 1.807) is 23.0 Å². The first-order chi connectivity index (χ1) is 11.6. The fourth-order valence-corrected chi connectivity index (χ4v) is 3.05. The van der Waals surface area contributed by atoms with E-state index in [2.05, 4.69) is 15.7 Å². The summed E-state index contributed by atoms with van der Waals surface area (Å²) in [6.07, 6.45) is 3.33. The summed E-state index contributed by atoms with van der Waals surface area (Å²) in [5, 5.41) is 10.1. The van der Waals surface area contributed by atoms with E-state index in [1.807, 2.05) is 24.9 Å². The van der Waals surface area contributed by atoms with Gasteiger partial charge in [-0.1, -0.05) is 19.1 Å². The second-order valence-electron chi connectivity index (χ2n) is 6.00. The lowest BCUT2D eigenvalue weighted by Gasteiger charge is -2.19. The van der Waals surface area contributed by atoms with Crippen molar-refractivity contribution in [2.24, 2.45) is 7.05 Å². The van der Waals surface area contributed by atoms with Crippen molar-refractivity contribution in [2.75, 3.05) is 23.3 Å². The number of urea groups is 1. The Bertz CT molecular complexity index is 730. The van der Waals surface area contributed by atoms with Gasteiger partial charge in [0.15, 0.2) is 0 Å². The number of amides is 2. The average Bonchev–Trinajstić information content (AvgIpc) is 3.14. The zero-order valence-electron chi connectivity index (χ0n) is 13.9. The lowest BCUT2D eigenvalue weighted by molar-refractivity contribution is 0.249. The molecule has 1 aromatic heterocycles. The molecule has 128 valence electrons. The summed E-state index contributed by atoms with van der Waals surface area (Å²) in [5.41, 5.74) is 2.16. The molecule has 0 spiro atoms. The molecule has 1 aliphatic rings. The molecule has 1 atom stereocenters. The van der Waals surface area contributed by atoms with E-state index in [1.165, 1.54) is 6.07 Å². The predicted octanol–water partition coefficient (Wildman–Crippen LogP) is 2.52. The number of nitrogens with zero attached hydrogens (tertiary/aromatic N) is 3. The Labute approximate surface area is 140 Å². The molecule has 1 unspecified atom stereocenters. The van der Waals surface area contributed by atoms with Crippen LogP contribution in [0, 0.1) is 5.82 Å². The molecule has 1 fully saturated rings. The highest BCUT2D eigenvalue weighted by Gasteiger charge is 2.25. The number of para-hydroxylation sites is 1. The van der Waals surface area contributed by atoms with E-state index in [9.17, 15) is 9.18 Å². The van der Waals surface area contributed by atoms with Crippen molar-refractivity contribution in [2.45, 2.75) is 25.8 Å². The van der Waals surface area contributed by atoms with Crippen molar-refractivity contribution in [3.05, 3.63) is 42.0 Å². The number of hydrogen-bond donors (Lipinski definition) is 2. The molecular weight excluding hydrogens is 309 g/mol. The minimum Gasteiger partial charge on any atom is -0.367 e. The van der Waals surface area contributed by atoms with Crippen LogP contribution in [0.25, 0.3) is 0 Å². The highest BCUT2D eigenvalue weighted by molar-refractivity contribution is 5.90. The number of hydrogen-bond acceptors (Lipinski definition) is 3. The lowest BCUT2D eigenvalue weighted by atomic mass is 10.2. The molecule has 0 saturated carbocycles. The largest absolute Gasteiger partial charge is 0.367 e. The number of anilines is 2. The first-order valence-electron chi connectivity index (χ1n) is 8.16. The second kappa shape index (κ2) is 6.90. The molecule has 2 amide bonds. The number of carbonyl (C=O) groups is 1. The van der Waals surface area contributed by atoms with Gasteiger partial charge >= 0.3 is 6.03 Å². The van der Waals surface area contributed by atoms with Crippen LogP contribution >= 0.6 is 0 Å². The first-order valence-corrected chi connectivity index (χ1v) is 8.16. The van der Waals surface area contributed by atoms with Crippen LogP contribution in [0.2, 0.25) is 0 Å². The Morgan fingerprint density at radius 3 is 2.96 bits per heavy atom. The molecule has 1 aliphatic heterocycles. The Morgan fingerprint density at radius 1 is 1.42 bits per heavy atom. The summed E-state index contributed by atoms with van der Waals surface area (Å²) >= 11 is 0. The summed E-state index contributed by atoms with van der Waals surface area (Å²) in [6.45, 7) is 3.32. The fourth-order valence-electron chi connectivity index (χ4n) is 3.05. The summed E-state index contributed by atoms with van der Waals surface area (Å²) in [7, 11) is 1.82. The molecule has 0 aliphatic carbocycles. The number of aryl methyl sites for hydroxylation is 2. The number of benzene rings is 1. The Morgan fingerprint density at radius 2 is 2.21 bits per heavy atom. The van der Waals surface area contributed by atoms with E-state index in [4.69, 9.17) is 0 Å². The van der Waals surface area contributed by atoms with Crippen molar-refractivity contribution in [3.63, 3.8) is 0 Å². The zero-order valence-corrected chi connectivity index (χ0v) is 13.9. The molecule has 2 heterocycles. The molecule has 3 rings (SSSR count). The Kier molecular flexibility index (Phi) is 4.69. The maximum Gasteiger partial charge on any atom is 0.319 e. The zero-order chi connectivity index (χ0) is 17.1. The maximum atomic E-state index is 13.9. The topological polar surface area (TPSA) is 62.2 Å². The van der Waals surface area contributed by atoms with Gasteiger partial charge in [-0.15, -0.1) is 0 Å². The third-order valence-corrected chi connectivity index (χ3v) is 4.20. The summed E-state index contributed by atoms with van der Waals surface area (Å²) in [6, 6.07) is 6.46. The molecule has 6 nitrogen and oxygen atoms in total. The van der Waals surface area contributed by atoms with Crippen LogP contribution in [-0.2, 0) is 13.5 Å². The van der Waals surface area contributed by atoms with Crippen molar-refractivity contribution in [1.82, 2.24) is 15.1 Å². The molecule has 1 saturated heterocycles. The van der Waals surface area contributed by atoms with Crippen LogP contribution < -0.4 is 15.5 Å². The average molecular weight is 331 g/mol. The van der Waals surface area contributed by atoms with Crippen molar-refractivity contribution < 1.29 is 9.18 Å². The monoisotopic (exact) mass is 331 g/mol. The summed E-state index contributed by atoms with van der Waals surface area (Å²) in [4.78, 5) is 14.2. The standard InChI is InChI=1S/C17H22FN5O/c1-3-14-15(11-22(2)21-14)20-17(24)19-12-8-9-23(10-12)16-7-5-4-6-13(16)18/h4-7,11-12H,3,8-10H2,1-2H3,(H2,19,20,24). The third kappa shape index (κ3) is 3.50. The number of rotatable bonds is 4. The van der Waals surface area contributed by atoms with Gasteiger partial charge in [0.05, 0.1) is 17.1 Å². The highest BCUT2D eigenvalue weighted by Crippen LogP contribution is 2.23. The van der Waals surface area contributed by atoms with E-state index < -0.39 is 0 Å². The fraction of sp³-hybridized carbons (Fsp3) is 0.412. The van der Waals surface area contributed by atoms with Gasteiger partial charge in [0.2, 0.25) is 0 Å². The summed E-state index contributed by atoms with van der Waals surface area (Å²) < 4.78 is 15.5. The molecular formula is C17H22FN5O. The van der Waals surface area contributed by atoms with Crippen molar-refractivity contribution in [3.8, 4) is 0 Å². The Hall–Kier alpha value is -2.57. The quantitative estimate of drug-likeness (QED) is 0.905. The van der Waals surface area contributed by atoms with Crippen LogP contribution in [0.15, 0.2) is 30.5 Å². The van der Waals surface area contributed by atoms with Crippen molar-refractivity contribution in [1.29, 1.82) is 0 Å². The first kappa shape index (κ1) is 16.3. The maximum absolute atomic E-state index is 13.9. The van der Waals surface area contributed by atoms with Gasteiger partial charge in [-0.05, 0) is 25.0 Å². The van der Waals surface area contributed by atoms with Gasteiger partial charge in [-0.3, -0.25) is 4.68 Å². The van der Waals surface area contributed by atoms with Crippen molar-refractivity contribution >= 4 is 17.4 Å². The summed E-state index contributed by atoms with van der Waals surface area (Å²) in [5.74, 6) is -0.231. The molecule has 1 aromatic carbocycles. The van der Waals surface area contributed by atoms with Crippen LogP contribution in [0.4, 0.5) is 20.6 Å². The Balaban J connectivity index is 1.57. The van der Waals surface area contributed by atoms with Gasteiger partial charge in [0, 0.05) is 32.4 Å². The second-order valence-corrected chi connectivity index (χ2v) is 6.00. The lowest BCUT2D eigenvalue weighted by Crippen LogP contribution is -2.39. The number of nitrogens with one attached hydrogen (secondary N) is 2. The predicted molar refractivity (Wildman–Crippen MR) is 91.8 cm³/mol. The van der Waals surface area contributed by atoms with Gasteiger partial charge in [-0.25, -0.2) is 9.18 Å². The number of aromatic nitrogens is 2. The van der Waals surface area contributed by atoms with Gasteiger partial charge in [0.1, 0.15) is 5.82 Å². The third-order valence-electron chi connectivity index (χ3n) is 4.20. The molecule has 2 N–H and O–H groups in total. The number of carbonyl (C=O) groups excluding carboxylic acids is 1. The molecule has 2 aromatic rings. The molecule has 0 radical (unpaired) electrons. The van der Waals surface area contributed by atoms with Gasteiger partial charge < -0.3 is 15.5 Å². The van der Waals surface area contributed by atoms with E-state index >= 15 is 0 Å². The van der Waals surface area contributed by atoms with Crippen LogP contribution in [-0.4, -0.2) is 34.9 Å². The SMILES string of the molecule is CCc1nn(C)cc1NC(=O)NC1CCN(c2ccccc2F)C1. The number of halogens is 1. The van der Waals surface area contributed by atoms with Crippen LogP contribution in [0.3, 0.4) is 0 Å².